The number of furan rings is 1. The predicted octanol–water partition coefficient (Wildman–Crippen LogP) is 3.95. The SMILES string of the molecule is CC(=O)c1oc(S(C)(O)O)cc1Cc1ccc(F)cc1. The number of hydrogen-bond donors (Lipinski definition) is 2. The van der Waals surface area contributed by atoms with Crippen LogP contribution >= 0.6 is 10.6 Å². The second-order valence-electron chi connectivity index (χ2n) is 4.61. The summed E-state index contributed by atoms with van der Waals surface area (Å²) in [7, 11) is -3.02. The van der Waals surface area contributed by atoms with Crippen molar-refractivity contribution in [2.24, 2.45) is 0 Å². The summed E-state index contributed by atoms with van der Waals surface area (Å²) in [6.45, 7) is 1.35. The molecule has 0 saturated heterocycles. The topological polar surface area (TPSA) is 70.7 Å². The third kappa shape index (κ3) is 3.27. The van der Waals surface area contributed by atoms with Crippen LogP contribution < -0.4 is 0 Å². The van der Waals surface area contributed by atoms with Gasteiger partial charge in [0.05, 0.1) is 0 Å². The second kappa shape index (κ2) is 5.40. The molecule has 0 bridgehead atoms. The fourth-order valence-corrected chi connectivity index (χ4v) is 2.45. The van der Waals surface area contributed by atoms with E-state index in [2.05, 4.69) is 0 Å². The van der Waals surface area contributed by atoms with Crippen LogP contribution in [0.15, 0.2) is 39.8 Å². The lowest BCUT2D eigenvalue weighted by molar-refractivity contribution is 0.0980. The van der Waals surface area contributed by atoms with Gasteiger partial charge in [0.15, 0.2) is 11.5 Å². The largest absolute Gasteiger partial charge is 0.437 e. The van der Waals surface area contributed by atoms with Gasteiger partial charge in [-0.2, -0.15) is 0 Å². The number of hydrogen-bond acceptors (Lipinski definition) is 4. The monoisotopic (exact) mass is 298 g/mol. The van der Waals surface area contributed by atoms with E-state index in [1.165, 1.54) is 31.4 Å². The molecular formula is C14H15FO4S. The van der Waals surface area contributed by atoms with Crippen molar-refractivity contribution < 1.29 is 22.7 Å². The van der Waals surface area contributed by atoms with Gasteiger partial charge in [-0.3, -0.25) is 13.9 Å². The van der Waals surface area contributed by atoms with Crippen LogP contribution in [0.1, 0.15) is 28.6 Å². The average Bonchev–Trinajstić information content (AvgIpc) is 2.76. The van der Waals surface area contributed by atoms with Crippen LogP contribution in [-0.2, 0) is 6.42 Å². The van der Waals surface area contributed by atoms with Crippen LogP contribution in [0.3, 0.4) is 0 Å². The van der Waals surface area contributed by atoms with E-state index in [0.29, 0.717) is 12.0 Å². The van der Waals surface area contributed by atoms with Crippen molar-refractivity contribution in [3.8, 4) is 0 Å². The Kier molecular flexibility index (Phi) is 3.99. The molecule has 20 heavy (non-hydrogen) atoms. The Hall–Kier alpha value is -1.63. The maximum Gasteiger partial charge on any atom is 0.212 e. The number of halogens is 1. The van der Waals surface area contributed by atoms with Gasteiger partial charge < -0.3 is 4.42 Å². The molecule has 0 aliphatic heterocycles. The molecule has 0 aliphatic carbocycles. The number of carbonyl (C=O) groups excluding carboxylic acids is 1. The van der Waals surface area contributed by atoms with E-state index < -0.39 is 10.6 Å². The van der Waals surface area contributed by atoms with Gasteiger partial charge in [0.1, 0.15) is 5.82 Å². The summed E-state index contributed by atoms with van der Waals surface area (Å²) in [6.07, 6.45) is 1.59. The van der Waals surface area contributed by atoms with Gasteiger partial charge in [0, 0.05) is 31.2 Å². The zero-order valence-corrected chi connectivity index (χ0v) is 11.9. The van der Waals surface area contributed by atoms with Gasteiger partial charge in [-0.25, -0.2) is 4.39 Å². The average molecular weight is 298 g/mol. The van der Waals surface area contributed by atoms with E-state index in [4.69, 9.17) is 4.42 Å². The smallest absolute Gasteiger partial charge is 0.212 e. The highest BCUT2D eigenvalue weighted by Gasteiger charge is 2.21. The van der Waals surface area contributed by atoms with E-state index in [9.17, 15) is 18.3 Å². The second-order valence-corrected chi connectivity index (χ2v) is 6.68. The quantitative estimate of drug-likeness (QED) is 0.838. The molecule has 0 amide bonds. The number of Topliss-reactive ketones (excluding diaryl/α,β-unsaturated/α-hetero) is 1. The molecule has 6 heteroatoms. The summed E-state index contributed by atoms with van der Waals surface area (Å²) in [5.41, 5.74) is 1.36. The molecule has 0 unspecified atom stereocenters. The third-order valence-corrected chi connectivity index (χ3v) is 3.76. The zero-order chi connectivity index (χ0) is 14.9. The van der Waals surface area contributed by atoms with Gasteiger partial charge in [-0.05, 0) is 17.7 Å². The van der Waals surface area contributed by atoms with Crippen LogP contribution in [0, 0.1) is 5.82 Å². The van der Waals surface area contributed by atoms with Crippen molar-refractivity contribution in [1.82, 2.24) is 0 Å². The Morgan fingerprint density at radius 2 is 1.90 bits per heavy atom. The van der Waals surface area contributed by atoms with Gasteiger partial charge >= 0.3 is 0 Å². The number of carbonyl (C=O) groups is 1. The molecule has 0 spiro atoms. The molecule has 2 rings (SSSR count). The fourth-order valence-electron chi connectivity index (χ4n) is 1.85. The Morgan fingerprint density at radius 1 is 1.30 bits per heavy atom. The summed E-state index contributed by atoms with van der Waals surface area (Å²) in [5, 5.41) is -0.0141. The van der Waals surface area contributed by atoms with Crippen LogP contribution in [0.25, 0.3) is 0 Å². The van der Waals surface area contributed by atoms with Crippen molar-refractivity contribution in [1.29, 1.82) is 0 Å². The summed E-state index contributed by atoms with van der Waals surface area (Å²) in [5.74, 6) is -0.528. The molecule has 1 heterocycles. The predicted molar refractivity (Wildman–Crippen MR) is 75.0 cm³/mol. The fraction of sp³-hybridized carbons (Fsp3) is 0.214. The highest BCUT2D eigenvalue weighted by molar-refractivity contribution is 8.23. The number of benzene rings is 1. The molecule has 4 nitrogen and oxygen atoms in total. The van der Waals surface area contributed by atoms with Gasteiger partial charge in [0.25, 0.3) is 0 Å². The van der Waals surface area contributed by atoms with Gasteiger partial charge in [0.2, 0.25) is 5.09 Å². The lowest BCUT2D eigenvalue weighted by atomic mass is 10.0. The molecule has 1 aromatic carbocycles. The van der Waals surface area contributed by atoms with E-state index in [0.717, 1.165) is 5.56 Å². The minimum absolute atomic E-state index is 0.0141. The highest BCUT2D eigenvalue weighted by atomic mass is 32.3. The van der Waals surface area contributed by atoms with Crippen molar-refractivity contribution >= 4 is 16.4 Å². The Labute approximate surface area is 117 Å². The number of ketones is 1. The summed E-state index contributed by atoms with van der Waals surface area (Å²) in [6, 6.07) is 7.34. The van der Waals surface area contributed by atoms with Crippen molar-refractivity contribution in [2.45, 2.75) is 18.4 Å². The van der Waals surface area contributed by atoms with E-state index >= 15 is 0 Å². The summed E-state index contributed by atoms with van der Waals surface area (Å²) >= 11 is 0. The highest BCUT2D eigenvalue weighted by Crippen LogP contribution is 2.46. The van der Waals surface area contributed by atoms with Crippen molar-refractivity contribution in [3.63, 3.8) is 0 Å². The van der Waals surface area contributed by atoms with E-state index in [1.807, 2.05) is 0 Å². The first-order valence-corrected chi connectivity index (χ1v) is 7.84. The molecule has 0 fully saturated rings. The zero-order valence-electron chi connectivity index (χ0n) is 11.1. The van der Waals surface area contributed by atoms with Crippen LogP contribution in [0.2, 0.25) is 0 Å². The van der Waals surface area contributed by atoms with Crippen LogP contribution in [0.4, 0.5) is 4.39 Å². The van der Waals surface area contributed by atoms with Gasteiger partial charge in [-0.1, -0.05) is 12.1 Å². The third-order valence-electron chi connectivity index (χ3n) is 2.80. The maximum absolute atomic E-state index is 12.9. The molecule has 0 atom stereocenters. The maximum atomic E-state index is 12.9. The first-order valence-electron chi connectivity index (χ1n) is 5.88. The number of rotatable bonds is 4. The molecule has 0 aliphatic rings. The molecule has 0 saturated carbocycles. The molecular weight excluding hydrogens is 283 g/mol. The van der Waals surface area contributed by atoms with Gasteiger partial charge in [-0.15, -0.1) is 10.6 Å². The Morgan fingerprint density at radius 3 is 2.40 bits per heavy atom. The lowest BCUT2D eigenvalue weighted by Gasteiger charge is -2.22. The minimum Gasteiger partial charge on any atom is -0.437 e. The van der Waals surface area contributed by atoms with Crippen LogP contribution in [-0.4, -0.2) is 21.1 Å². The van der Waals surface area contributed by atoms with E-state index in [-0.39, 0.29) is 22.5 Å². The Bertz CT molecular complexity index is 626. The van der Waals surface area contributed by atoms with E-state index in [1.54, 1.807) is 12.1 Å². The molecule has 2 aromatic rings. The first-order chi connectivity index (χ1) is 9.27. The normalized spacial score (nSPS) is 12.4. The molecule has 1 aromatic heterocycles. The minimum atomic E-state index is -3.02. The molecule has 2 N–H and O–H groups in total. The standard InChI is InChI=1S/C14H15FO4S/c1-9(16)14-11(8-13(19-14)20(2,17)18)7-10-3-5-12(15)6-4-10/h3-6,8,17-18H,7H2,1-2H3. The first kappa shape index (κ1) is 14.8. The van der Waals surface area contributed by atoms with Crippen molar-refractivity contribution in [2.75, 3.05) is 6.26 Å². The van der Waals surface area contributed by atoms with Crippen molar-refractivity contribution in [3.05, 3.63) is 53.0 Å². The summed E-state index contributed by atoms with van der Waals surface area (Å²) < 4.78 is 37.3. The summed E-state index contributed by atoms with van der Waals surface area (Å²) in [4.78, 5) is 11.5. The van der Waals surface area contributed by atoms with Crippen LogP contribution in [0.5, 0.6) is 0 Å². The molecule has 108 valence electrons. The molecule has 0 radical (unpaired) electrons. The lowest BCUT2D eigenvalue weighted by Crippen LogP contribution is -1.96. The Balaban J connectivity index is 2.37.